The number of hydrogen-bond acceptors (Lipinski definition) is 7. The molecule has 8 heteroatoms. The van der Waals surface area contributed by atoms with Gasteiger partial charge in [-0.15, -0.1) is 0 Å². The molecule has 170 valence electrons. The molecule has 4 aromatic rings. The number of nitrogens with zero attached hydrogens (tertiary/aromatic N) is 4. The molecule has 1 aliphatic rings. The molecule has 3 heterocycles. The summed E-state index contributed by atoms with van der Waals surface area (Å²) in [6.07, 6.45) is 3.43. The van der Waals surface area contributed by atoms with Crippen molar-refractivity contribution in [1.82, 2.24) is 19.9 Å². The summed E-state index contributed by atoms with van der Waals surface area (Å²) in [4.78, 5) is 26.9. The number of anilines is 2. The molecule has 5 rings (SSSR count). The highest BCUT2D eigenvalue weighted by atomic mass is 16.5. The van der Waals surface area contributed by atoms with Crippen molar-refractivity contribution >= 4 is 28.4 Å². The largest absolute Gasteiger partial charge is 0.472 e. The first kappa shape index (κ1) is 21.4. The maximum Gasteiger partial charge on any atom is 0.246 e. The highest BCUT2D eigenvalue weighted by molar-refractivity contribution is 5.88. The second kappa shape index (κ2) is 9.58. The normalized spacial score (nSPS) is 15.2. The summed E-state index contributed by atoms with van der Waals surface area (Å²) < 4.78 is 12.0. The predicted molar refractivity (Wildman–Crippen MR) is 129 cm³/mol. The highest BCUT2D eigenvalue weighted by Gasteiger charge is 2.26. The van der Waals surface area contributed by atoms with Crippen molar-refractivity contribution in [3.63, 3.8) is 0 Å². The van der Waals surface area contributed by atoms with Crippen LogP contribution in [0.15, 0.2) is 85.7 Å². The van der Waals surface area contributed by atoms with Gasteiger partial charge in [0.25, 0.3) is 0 Å². The van der Waals surface area contributed by atoms with Crippen molar-refractivity contribution in [1.29, 1.82) is 0 Å². The van der Waals surface area contributed by atoms with Crippen molar-refractivity contribution in [2.45, 2.75) is 12.5 Å². The summed E-state index contributed by atoms with van der Waals surface area (Å²) in [5.74, 6) is 2.39. The molecule has 1 aliphatic heterocycles. The van der Waals surface area contributed by atoms with Gasteiger partial charge in [0.1, 0.15) is 29.4 Å². The maximum absolute atomic E-state index is 11.8. The zero-order valence-electron chi connectivity index (χ0n) is 18.4. The lowest BCUT2D eigenvalue weighted by Crippen LogP contribution is -2.29. The molecule has 0 bridgehead atoms. The number of fused-ring (bicyclic) bond motifs is 1. The Morgan fingerprint density at radius 1 is 1.06 bits per heavy atom. The molecule has 8 nitrogen and oxygen atoms in total. The SMILES string of the molecule is C=CC(=O)N1CC[C@H](Oc2ccc3ncnc(Nc4cccc(Oc5ccccc5)c4)c3n2)C1. The zero-order valence-corrected chi connectivity index (χ0v) is 18.4. The van der Waals surface area contributed by atoms with Crippen LogP contribution in [0, 0.1) is 0 Å². The van der Waals surface area contributed by atoms with Gasteiger partial charge in [-0.3, -0.25) is 4.79 Å². The molecule has 1 saturated heterocycles. The number of pyridine rings is 1. The van der Waals surface area contributed by atoms with Crippen LogP contribution in [0.2, 0.25) is 0 Å². The Morgan fingerprint density at radius 2 is 1.91 bits per heavy atom. The van der Waals surface area contributed by atoms with Gasteiger partial charge in [0, 0.05) is 30.8 Å². The van der Waals surface area contributed by atoms with E-state index in [9.17, 15) is 4.79 Å². The predicted octanol–water partition coefficient (Wildman–Crippen LogP) is 4.73. The lowest BCUT2D eigenvalue weighted by Gasteiger charge is -2.15. The Morgan fingerprint density at radius 3 is 2.76 bits per heavy atom. The van der Waals surface area contributed by atoms with E-state index in [1.165, 1.54) is 12.4 Å². The van der Waals surface area contributed by atoms with Crippen molar-refractivity contribution in [2.24, 2.45) is 0 Å². The van der Waals surface area contributed by atoms with Gasteiger partial charge in [-0.05, 0) is 36.4 Å². The fourth-order valence-electron chi connectivity index (χ4n) is 3.80. The summed E-state index contributed by atoms with van der Waals surface area (Å²) in [5, 5.41) is 3.31. The van der Waals surface area contributed by atoms with E-state index < -0.39 is 0 Å². The molecule has 1 fully saturated rings. The molecular formula is C26H23N5O3. The number of likely N-dealkylation sites (tertiary alicyclic amines) is 1. The number of aromatic nitrogens is 3. The highest BCUT2D eigenvalue weighted by Crippen LogP contribution is 2.28. The van der Waals surface area contributed by atoms with E-state index >= 15 is 0 Å². The lowest BCUT2D eigenvalue weighted by atomic mass is 10.2. The average Bonchev–Trinajstić information content (AvgIpc) is 3.33. The van der Waals surface area contributed by atoms with Crippen LogP contribution in [0.25, 0.3) is 11.0 Å². The summed E-state index contributed by atoms with van der Waals surface area (Å²) in [7, 11) is 0. The Kier molecular flexibility index (Phi) is 6.03. The third kappa shape index (κ3) is 4.80. The molecule has 0 radical (unpaired) electrons. The quantitative estimate of drug-likeness (QED) is 0.405. The van der Waals surface area contributed by atoms with E-state index in [0.717, 1.165) is 17.9 Å². The van der Waals surface area contributed by atoms with Gasteiger partial charge in [0.05, 0.1) is 12.1 Å². The van der Waals surface area contributed by atoms with E-state index in [2.05, 4.69) is 26.8 Å². The van der Waals surface area contributed by atoms with Gasteiger partial charge >= 0.3 is 0 Å². The van der Waals surface area contributed by atoms with Crippen molar-refractivity contribution < 1.29 is 14.3 Å². The van der Waals surface area contributed by atoms with Gasteiger partial charge in [-0.2, -0.15) is 0 Å². The molecule has 0 spiro atoms. The van der Waals surface area contributed by atoms with Crippen LogP contribution in [-0.2, 0) is 4.79 Å². The molecular weight excluding hydrogens is 430 g/mol. The first-order valence-corrected chi connectivity index (χ1v) is 11.0. The number of ether oxygens (including phenoxy) is 2. The number of hydrogen-bond donors (Lipinski definition) is 1. The first-order chi connectivity index (χ1) is 16.7. The molecule has 1 amide bonds. The van der Waals surface area contributed by atoms with Crippen LogP contribution < -0.4 is 14.8 Å². The third-order valence-electron chi connectivity index (χ3n) is 5.45. The fourth-order valence-corrected chi connectivity index (χ4v) is 3.80. The van der Waals surface area contributed by atoms with E-state index in [1.54, 1.807) is 11.0 Å². The minimum atomic E-state index is -0.123. The zero-order chi connectivity index (χ0) is 23.3. The third-order valence-corrected chi connectivity index (χ3v) is 5.45. The first-order valence-electron chi connectivity index (χ1n) is 11.0. The van der Waals surface area contributed by atoms with Crippen LogP contribution in [-0.4, -0.2) is 45.0 Å². The van der Waals surface area contributed by atoms with Crippen LogP contribution >= 0.6 is 0 Å². The van der Waals surface area contributed by atoms with Crippen LogP contribution in [0.1, 0.15) is 6.42 Å². The number of benzene rings is 2. The monoisotopic (exact) mass is 453 g/mol. The van der Waals surface area contributed by atoms with Crippen LogP contribution in [0.4, 0.5) is 11.5 Å². The van der Waals surface area contributed by atoms with Gasteiger partial charge in [0.15, 0.2) is 5.82 Å². The molecule has 0 aliphatic carbocycles. The van der Waals surface area contributed by atoms with Crippen molar-refractivity contribution in [3.05, 3.63) is 85.7 Å². The van der Waals surface area contributed by atoms with Gasteiger partial charge < -0.3 is 19.7 Å². The Balaban J connectivity index is 1.34. The van der Waals surface area contributed by atoms with Crippen LogP contribution in [0.3, 0.4) is 0 Å². The van der Waals surface area contributed by atoms with E-state index in [1.807, 2.05) is 60.7 Å². The lowest BCUT2D eigenvalue weighted by molar-refractivity contribution is -0.125. The number of nitrogens with one attached hydrogen (secondary N) is 1. The van der Waals surface area contributed by atoms with E-state index in [0.29, 0.717) is 41.6 Å². The van der Waals surface area contributed by atoms with E-state index in [4.69, 9.17) is 9.47 Å². The molecule has 0 unspecified atom stereocenters. The standard InChI is InChI=1S/C26H23N5O3/c1-2-24(32)31-14-13-21(16-31)34-23-12-11-22-25(30-23)26(28-17-27-22)29-18-7-6-10-20(15-18)33-19-8-4-3-5-9-19/h2-12,15,17,21H,1,13-14,16H2,(H,27,28,29)/t21-/m0/s1. The number of carbonyl (C=O) groups is 1. The van der Waals surface area contributed by atoms with Gasteiger partial charge in [-0.1, -0.05) is 30.8 Å². The van der Waals surface area contributed by atoms with Gasteiger partial charge in [-0.25, -0.2) is 15.0 Å². The topological polar surface area (TPSA) is 89.5 Å². The minimum absolute atomic E-state index is 0.0871. The number of para-hydroxylation sites is 1. The van der Waals surface area contributed by atoms with E-state index in [-0.39, 0.29) is 12.0 Å². The number of carbonyl (C=O) groups excluding carboxylic acids is 1. The summed E-state index contributed by atoms with van der Waals surface area (Å²) in [5.41, 5.74) is 2.08. The fraction of sp³-hybridized carbons (Fsp3) is 0.154. The molecule has 0 saturated carbocycles. The van der Waals surface area contributed by atoms with Crippen molar-refractivity contribution in [3.8, 4) is 17.4 Å². The Bertz CT molecular complexity index is 1330. The van der Waals surface area contributed by atoms with Crippen molar-refractivity contribution in [2.75, 3.05) is 18.4 Å². The molecule has 1 N–H and O–H groups in total. The molecule has 1 atom stereocenters. The Hall–Kier alpha value is -4.46. The maximum atomic E-state index is 11.8. The molecule has 2 aromatic heterocycles. The summed E-state index contributed by atoms with van der Waals surface area (Å²) in [6, 6.07) is 20.9. The second-order valence-corrected chi connectivity index (χ2v) is 7.82. The number of amides is 1. The number of rotatable bonds is 7. The van der Waals surface area contributed by atoms with Gasteiger partial charge in [0.2, 0.25) is 11.8 Å². The summed E-state index contributed by atoms with van der Waals surface area (Å²) in [6.45, 7) is 4.69. The second-order valence-electron chi connectivity index (χ2n) is 7.82. The molecule has 34 heavy (non-hydrogen) atoms. The smallest absolute Gasteiger partial charge is 0.246 e. The summed E-state index contributed by atoms with van der Waals surface area (Å²) >= 11 is 0. The Labute approximate surface area is 196 Å². The van der Waals surface area contributed by atoms with Crippen LogP contribution in [0.5, 0.6) is 17.4 Å². The molecule has 2 aromatic carbocycles. The minimum Gasteiger partial charge on any atom is -0.472 e. The average molecular weight is 454 g/mol.